The molecule has 0 radical (unpaired) electrons. The Hall–Kier alpha value is -1.59. The first-order valence-electron chi connectivity index (χ1n) is 6.19. The molecule has 20 heavy (non-hydrogen) atoms. The van der Waals surface area contributed by atoms with Crippen molar-refractivity contribution in [3.05, 3.63) is 58.3 Å². The van der Waals surface area contributed by atoms with Crippen molar-refractivity contribution in [1.82, 2.24) is 0 Å². The van der Waals surface area contributed by atoms with Crippen molar-refractivity contribution in [2.24, 2.45) is 5.73 Å². The number of nitrogens with one attached hydrogen (secondary N) is 1. The summed E-state index contributed by atoms with van der Waals surface area (Å²) in [6.45, 7) is 0.377. The van der Waals surface area contributed by atoms with Crippen LogP contribution < -0.4 is 15.8 Å². The lowest BCUT2D eigenvalue weighted by molar-refractivity contribution is 0.414. The van der Waals surface area contributed by atoms with Gasteiger partial charge in [0.05, 0.1) is 13.2 Å². The molecule has 2 aromatic carbocycles. The zero-order valence-electron chi connectivity index (χ0n) is 11.1. The van der Waals surface area contributed by atoms with Gasteiger partial charge in [-0.05, 0) is 42.0 Å². The zero-order chi connectivity index (χ0) is 14.5. The number of nitrogens with two attached hydrogens (primary N) is 1. The molecule has 0 amide bonds. The third-order valence-electron chi connectivity index (χ3n) is 2.98. The first-order valence-corrected chi connectivity index (χ1v) is 6.99. The van der Waals surface area contributed by atoms with E-state index in [9.17, 15) is 4.39 Å². The molecule has 0 aliphatic heterocycles. The molecule has 0 saturated heterocycles. The van der Waals surface area contributed by atoms with Gasteiger partial charge in [0.15, 0.2) is 0 Å². The van der Waals surface area contributed by atoms with Gasteiger partial charge in [0.2, 0.25) is 0 Å². The molecular formula is C15H16BrFN2O. The van der Waals surface area contributed by atoms with Gasteiger partial charge >= 0.3 is 0 Å². The van der Waals surface area contributed by atoms with Crippen LogP contribution in [0.25, 0.3) is 0 Å². The van der Waals surface area contributed by atoms with Crippen LogP contribution >= 0.6 is 15.9 Å². The highest BCUT2D eigenvalue weighted by Crippen LogP contribution is 2.29. The van der Waals surface area contributed by atoms with Crippen LogP contribution in [0.5, 0.6) is 5.75 Å². The van der Waals surface area contributed by atoms with Crippen LogP contribution in [-0.2, 0) is 0 Å². The van der Waals surface area contributed by atoms with E-state index in [4.69, 9.17) is 10.5 Å². The van der Waals surface area contributed by atoms with E-state index in [1.165, 1.54) is 12.1 Å². The lowest BCUT2D eigenvalue weighted by Crippen LogP contribution is -2.21. The molecule has 3 nitrogen and oxygen atoms in total. The number of rotatable bonds is 5. The van der Waals surface area contributed by atoms with Crippen molar-refractivity contribution in [1.29, 1.82) is 0 Å². The highest BCUT2D eigenvalue weighted by Gasteiger charge is 2.14. The van der Waals surface area contributed by atoms with Crippen molar-refractivity contribution in [3.63, 3.8) is 0 Å². The van der Waals surface area contributed by atoms with Crippen LogP contribution in [0.1, 0.15) is 11.6 Å². The van der Waals surface area contributed by atoms with Gasteiger partial charge in [-0.2, -0.15) is 0 Å². The molecule has 0 aromatic heterocycles. The van der Waals surface area contributed by atoms with E-state index < -0.39 is 0 Å². The van der Waals surface area contributed by atoms with Gasteiger partial charge < -0.3 is 15.8 Å². The summed E-state index contributed by atoms with van der Waals surface area (Å²) in [7, 11) is 1.62. The standard InChI is InChI=1S/C15H16BrFN2O/c1-20-12-5-6-14(16)13(8-12)15(9-18)19-11-4-2-3-10(17)7-11/h2-8,15,19H,9,18H2,1H3. The van der Waals surface area contributed by atoms with Crippen molar-refractivity contribution in [2.45, 2.75) is 6.04 Å². The fourth-order valence-electron chi connectivity index (χ4n) is 1.96. The van der Waals surface area contributed by atoms with Crippen LogP contribution in [0.4, 0.5) is 10.1 Å². The van der Waals surface area contributed by atoms with Crippen molar-refractivity contribution >= 4 is 21.6 Å². The number of methoxy groups -OCH3 is 1. The maximum atomic E-state index is 13.2. The molecule has 0 aliphatic carbocycles. The summed E-state index contributed by atoms with van der Waals surface area (Å²) in [5.74, 6) is 0.471. The Morgan fingerprint density at radius 2 is 2.10 bits per heavy atom. The molecule has 0 aliphatic rings. The molecule has 1 unspecified atom stereocenters. The zero-order valence-corrected chi connectivity index (χ0v) is 12.7. The average Bonchev–Trinajstić information content (AvgIpc) is 2.46. The molecular weight excluding hydrogens is 323 g/mol. The minimum absolute atomic E-state index is 0.138. The SMILES string of the molecule is COc1ccc(Br)c(C(CN)Nc2cccc(F)c2)c1. The maximum Gasteiger partial charge on any atom is 0.125 e. The second-order valence-corrected chi connectivity index (χ2v) is 5.18. The predicted octanol–water partition coefficient (Wildman–Crippen LogP) is 3.71. The monoisotopic (exact) mass is 338 g/mol. The van der Waals surface area contributed by atoms with Crippen LogP contribution in [0.2, 0.25) is 0 Å². The molecule has 0 bridgehead atoms. The number of halogens is 2. The third kappa shape index (κ3) is 3.49. The molecule has 0 saturated carbocycles. The molecule has 106 valence electrons. The second-order valence-electron chi connectivity index (χ2n) is 4.33. The Balaban J connectivity index is 2.28. The molecule has 0 spiro atoms. The van der Waals surface area contributed by atoms with Gasteiger partial charge in [-0.1, -0.05) is 22.0 Å². The third-order valence-corrected chi connectivity index (χ3v) is 3.70. The summed E-state index contributed by atoms with van der Waals surface area (Å²) in [6.07, 6.45) is 0. The number of benzene rings is 2. The van der Waals surface area contributed by atoms with Crippen molar-refractivity contribution < 1.29 is 9.13 Å². The minimum Gasteiger partial charge on any atom is -0.497 e. The molecule has 5 heteroatoms. The Labute approximate surface area is 126 Å². The van der Waals surface area contributed by atoms with Crippen LogP contribution in [0, 0.1) is 5.82 Å². The number of anilines is 1. The predicted molar refractivity (Wildman–Crippen MR) is 82.5 cm³/mol. The van der Waals surface area contributed by atoms with E-state index in [2.05, 4.69) is 21.2 Å². The Morgan fingerprint density at radius 1 is 1.30 bits per heavy atom. The summed E-state index contributed by atoms with van der Waals surface area (Å²) < 4.78 is 19.4. The fraction of sp³-hybridized carbons (Fsp3) is 0.200. The summed E-state index contributed by atoms with van der Waals surface area (Å²) in [6, 6.07) is 11.9. The highest BCUT2D eigenvalue weighted by molar-refractivity contribution is 9.10. The maximum absolute atomic E-state index is 13.2. The summed E-state index contributed by atoms with van der Waals surface area (Å²) in [5, 5.41) is 3.23. The van der Waals surface area contributed by atoms with Gasteiger partial charge in [-0.25, -0.2) is 4.39 Å². The molecule has 0 heterocycles. The number of hydrogen-bond acceptors (Lipinski definition) is 3. The summed E-state index contributed by atoms with van der Waals surface area (Å²) in [4.78, 5) is 0. The molecule has 0 fully saturated rings. The smallest absolute Gasteiger partial charge is 0.125 e. The topological polar surface area (TPSA) is 47.3 Å². The van der Waals surface area contributed by atoms with Gasteiger partial charge in [0.1, 0.15) is 11.6 Å². The fourth-order valence-corrected chi connectivity index (χ4v) is 2.48. The van der Waals surface area contributed by atoms with E-state index in [1.54, 1.807) is 19.2 Å². The van der Waals surface area contributed by atoms with Crippen molar-refractivity contribution in [3.8, 4) is 5.75 Å². The molecule has 3 N–H and O–H groups in total. The molecule has 2 aromatic rings. The minimum atomic E-state index is -0.282. The van der Waals surface area contributed by atoms with Crippen LogP contribution in [0.15, 0.2) is 46.9 Å². The number of ether oxygens (including phenoxy) is 1. The van der Waals surface area contributed by atoms with Gasteiger partial charge in [0, 0.05) is 16.7 Å². The number of hydrogen-bond donors (Lipinski definition) is 2. The lowest BCUT2D eigenvalue weighted by Gasteiger charge is -2.20. The van der Waals surface area contributed by atoms with Gasteiger partial charge in [-0.15, -0.1) is 0 Å². The van der Waals surface area contributed by atoms with Crippen LogP contribution in [-0.4, -0.2) is 13.7 Å². The quantitative estimate of drug-likeness (QED) is 0.873. The van der Waals surface area contributed by atoms with Crippen molar-refractivity contribution in [2.75, 3.05) is 19.0 Å². The normalized spacial score (nSPS) is 12.0. The van der Waals surface area contributed by atoms with E-state index in [1.807, 2.05) is 18.2 Å². The van der Waals surface area contributed by atoms with Crippen LogP contribution in [0.3, 0.4) is 0 Å². The van der Waals surface area contributed by atoms with Gasteiger partial charge in [-0.3, -0.25) is 0 Å². The van der Waals surface area contributed by atoms with E-state index in [0.717, 1.165) is 15.8 Å². The largest absolute Gasteiger partial charge is 0.497 e. The lowest BCUT2D eigenvalue weighted by atomic mass is 10.1. The Kier molecular flexibility index (Phi) is 4.98. The Bertz CT molecular complexity index is 592. The summed E-state index contributed by atoms with van der Waals surface area (Å²) in [5.41, 5.74) is 7.49. The highest BCUT2D eigenvalue weighted by atomic mass is 79.9. The van der Waals surface area contributed by atoms with E-state index in [0.29, 0.717) is 12.2 Å². The first kappa shape index (κ1) is 14.8. The summed E-state index contributed by atoms with van der Waals surface area (Å²) >= 11 is 3.50. The van der Waals surface area contributed by atoms with E-state index >= 15 is 0 Å². The average molecular weight is 339 g/mol. The first-order chi connectivity index (χ1) is 9.63. The molecule has 2 rings (SSSR count). The second kappa shape index (κ2) is 6.72. The van der Waals surface area contributed by atoms with Gasteiger partial charge in [0.25, 0.3) is 0 Å². The Morgan fingerprint density at radius 3 is 2.75 bits per heavy atom. The molecule has 1 atom stereocenters. The van der Waals surface area contributed by atoms with E-state index in [-0.39, 0.29) is 11.9 Å².